The molecule has 3 N–H and O–H groups in total. The van der Waals surface area contributed by atoms with Crippen LogP contribution in [0.1, 0.15) is 212 Å². The van der Waals surface area contributed by atoms with Gasteiger partial charge in [0.15, 0.2) is 0 Å². The van der Waals surface area contributed by atoms with Crippen molar-refractivity contribution in [2.75, 3.05) is 6.61 Å². The molecule has 0 aliphatic carbocycles. The van der Waals surface area contributed by atoms with Crippen molar-refractivity contribution < 1.29 is 38.1 Å². The SMILES string of the molecule is CCCCCCCCCCCCCOC(=O)CC(C(=O)OC1CC(C)(C)NC(C)(C)C1)C(CC(=O)OC1CC(C)(C)NC(C)(C)C1)C(=O)OC1CC(C)(C)NC(C)(C)C1. The van der Waals surface area contributed by atoms with Gasteiger partial charge in [-0.3, -0.25) is 19.2 Å². The van der Waals surface area contributed by atoms with Crippen LogP contribution in [0.5, 0.6) is 0 Å². The average Bonchev–Trinajstić information content (AvgIpc) is 3.02. The first-order valence-electron chi connectivity index (χ1n) is 23.3. The molecule has 3 rings (SSSR count). The Kier molecular flexibility index (Phi) is 18.8. The van der Waals surface area contributed by atoms with E-state index in [1.54, 1.807) is 0 Å². The summed E-state index contributed by atoms with van der Waals surface area (Å²) in [6, 6.07) is 0. The molecule has 342 valence electrons. The van der Waals surface area contributed by atoms with Gasteiger partial charge in [-0.2, -0.15) is 0 Å². The number of hydrogen-bond acceptors (Lipinski definition) is 11. The number of hydrogen-bond donors (Lipinski definition) is 3. The summed E-state index contributed by atoms with van der Waals surface area (Å²) >= 11 is 0. The van der Waals surface area contributed by atoms with Gasteiger partial charge in [0.1, 0.15) is 18.3 Å². The maximum atomic E-state index is 14.5. The fraction of sp³-hybridized carbons (Fsp3) is 0.917. The highest BCUT2D eigenvalue weighted by atomic mass is 16.6. The minimum atomic E-state index is -1.31. The van der Waals surface area contributed by atoms with Crippen molar-refractivity contribution in [3.8, 4) is 0 Å². The Labute approximate surface area is 359 Å². The molecule has 2 atom stereocenters. The van der Waals surface area contributed by atoms with Crippen molar-refractivity contribution in [2.45, 2.75) is 264 Å². The number of esters is 4. The fourth-order valence-corrected chi connectivity index (χ4v) is 10.8. The Morgan fingerprint density at radius 2 is 0.729 bits per heavy atom. The van der Waals surface area contributed by atoms with Gasteiger partial charge in [0.2, 0.25) is 0 Å². The van der Waals surface area contributed by atoms with Crippen LogP contribution < -0.4 is 16.0 Å². The first-order chi connectivity index (χ1) is 27.2. The Bertz CT molecular complexity index is 1320. The van der Waals surface area contributed by atoms with Crippen LogP contribution in [0, 0.1) is 11.8 Å². The van der Waals surface area contributed by atoms with Gasteiger partial charge in [-0.25, -0.2) is 0 Å². The zero-order valence-corrected chi connectivity index (χ0v) is 39.8. The Morgan fingerprint density at radius 3 is 1.07 bits per heavy atom. The smallest absolute Gasteiger partial charge is 0.310 e. The largest absolute Gasteiger partial charge is 0.466 e. The number of carbonyl (C=O) groups excluding carboxylic acids is 4. The average molecular weight is 834 g/mol. The molecule has 0 amide bonds. The second-order valence-electron chi connectivity index (χ2n) is 22.5. The Balaban J connectivity index is 1.82. The third kappa shape index (κ3) is 19.1. The zero-order valence-electron chi connectivity index (χ0n) is 39.8. The summed E-state index contributed by atoms with van der Waals surface area (Å²) in [7, 11) is 0. The lowest BCUT2D eigenvalue weighted by Crippen LogP contribution is -2.60. The molecule has 0 aromatic carbocycles. The lowest BCUT2D eigenvalue weighted by molar-refractivity contribution is -0.176. The molecule has 0 saturated carbocycles. The lowest BCUT2D eigenvalue weighted by atomic mass is 9.80. The molecule has 0 radical (unpaired) electrons. The van der Waals surface area contributed by atoms with E-state index in [0.29, 0.717) is 38.5 Å². The highest BCUT2D eigenvalue weighted by molar-refractivity contribution is 5.88. The number of piperidine rings is 3. The van der Waals surface area contributed by atoms with E-state index in [0.717, 1.165) is 25.7 Å². The number of ether oxygens (including phenoxy) is 4. The Morgan fingerprint density at radius 1 is 0.441 bits per heavy atom. The minimum Gasteiger partial charge on any atom is -0.466 e. The van der Waals surface area contributed by atoms with E-state index in [4.69, 9.17) is 18.9 Å². The van der Waals surface area contributed by atoms with Gasteiger partial charge >= 0.3 is 23.9 Å². The van der Waals surface area contributed by atoms with Crippen LogP contribution in [0.15, 0.2) is 0 Å². The van der Waals surface area contributed by atoms with Crippen molar-refractivity contribution in [1.82, 2.24) is 16.0 Å². The molecule has 3 aliphatic rings. The summed E-state index contributed by atoms with van der Waals surface area (Å²) in [6.45, 7) is 27.3. The molecule has 3 heterocycles. The molecular formula is C48H87N3O8. The lowest BCUT2D eigenvalue weighted by Gasteiger charge is -2.46. The van der Waals surface area contributed by atoms with Crippen LogP contribution in [0.3, 0.4) is 0 Å². The van der Waals surface area contributed by atoms with E-state index in [9.17, 15) is 19.2 Å². The maximum absolute atomic E-state index is 14.5. The number of unbranched alkanes of at least 4 members (excludes halogenated alkanes) is 10. The van der Waals surface area contributed by atoms with E-state index in [2.05, 4.69) is 106 Å². The second kappa shape index (κ2) is 21.7. The first-order valence-corrected chi connectivity index (χ1v) is 23.3. The van der Waals surface area contributed by atoms with Gasteiger partial charge in [0.25, 0.3) is 0 Å². The standard InChI is InChI=1S/C48H87N3O8/c1-14-15-16-17-18-19-20-21-22-23-24-25-56-39(52)26-37(41(54)58-35-30-45(6,7)50-46(8,9)31-35)38(42(55)59-36-32-47(10,11)51-48(12,13)33-36)27-40(53)57-34-28-43(2,3)49-44(4,5)29-34/h34-38,49-51H,14-33H2,1-13H3. The quantitative estimate of drug-likeness (QED) is 0.0546. The van der Waals surface area contributed by atoms with Gasteiger partial charge in [-0.15, -0.1) is 0 Å². The van der Waals surface area contributed by atoms with Crippen LogP contribution in [-0.4, -0.2) is 82.0 Å². The van der Waals surface area contributed by atoms with Gasteiger partial charge in [-0.05, 0) is 89.5 Å². The van der Waals surface area contributed by atoms with E-state index >= 15 is 0 Å². The van der Waals surface area contributed by atoms with E-state index < -0.39 is 66.9 Å². The summed E-state index contributed by atoms with van der Waals surface area (Å²) < 4.78 is 24.4. The molecule has 11 nitrogen and oxygen atoms in total. The third-order valence-corrected chi connectivity index (χ3v) is 12.2. The van der Waals surface area contributed by atoms with Gasteiger partial charge in [0.05, 0.1) is 31.3 Å². The van der Waals surface area contributed by atoms with Crippen LogP contribution in [0.4, 0.5) is 0 Å². The van der Waals surface area contributed by atoms with Gasteiger partial charge in [-0.1, -0.05) is 71.1 Å². The van der Waals surface area contributed by atoms with Crippen molar-refractivity contribution in [1.29, 1.82) is 0 Å². The predicted octanol–water partition coefficient (Wildman–Crippen LogP) is 9.41. The highest BCUT2D eigenvalue weighted by Crippen LogP contribution is 2.36. The van der Waals surface area contributed by atoms with Gasteiger partial charge in [0, 0.05) is 71.8 Å². The summed E-state index contributed by atoms with van der Waals surface area (Å²) in [5.74, 6) is -5.20. The predicted molar refractivity (Wildman–Crippen MR) is 235 cm³/mol. The van der Waals surface area contributed by atoms with E-state index in [1.807, 2.05) is 0 Å². The maximum Gasteiger partial charge on any atom is 0.310 e. The van der Waals surface area contributed by atoms with Crippen LogP contribution in [0.2, 0.25) is 0 Å². The monoisotopic (exact) mass is 834 g/mol. The van der Waals surface area contributed by atoms with Crippen LogP contribution >= 0.6 is 0 Å². The second-order valence-corrected chi connectivity index (χ2v) is 22.5. The van der Waals surface area contributed by atoms with Gasteiger partial charge < -0.3 is 34.9 Å². The topological polar surface area (TPSA) is 141 Å². The molecule has 59 heavy (non-hydrogen) atoms. The number of nitrogens with one attached hydrogen (secondary N) is 3. The highest BCUT2D eigenvalue weighted by Gasteiger charge is 2.47. The van der Waals surface area contributed by atoms with E-state index in [1.165, 1.54) is 44.9 Å². The number of carbonyl (C=O) groups is 4. The van der Waals surface area contributed by atoms with Crippen molar-refractivity contribution >= 4 is 23.9 Å². The van der Waals surface area contributed by atoms with Crippen molar-refractivity contribution in [3.63, 3.8) is 0 Å². The summed E-state index contributed by atoms with van der Waals surface area (Å²) in [4.78, 5) is 56.7. The molecular weight excluding hydrogens is 747 g/mol. The third-order valence-electron chi connectivity index (χ3n) is 12.2. The van der Waals surface area contributed by atoms with E-state index in [-0.39, 0.29) is 39.8 Å². The van der Waals surface area contributed by atoms with Crippen molar-refractivity contribution in [3.05, 3.63) is 0 Å². The first kappa shape index (κ1) is 51.1. The van der Waals surface area contributed by atoms with Crippen LogP contribution in [-0.2, 0) is 38.1 Å². The zero-order chi connectivity index (χ0) is 44.3. The summed E-state index contributed by atoms with van der Waals surface area (Å²) in [6.07, 6.45) is 14.2. The molecule has 3 saturated heterocycles. The molecule has 3 fully saturated rings. The summed E-state index contributed by atoms with van der Waals surface area (Å²) in [5, 5.41) is 10.9. The minimum absolute atomic E-state index is 0.228. The molecule has 0 aromatic heterocycles. The van der Waals surface area contributed by atoms with Crippen molar-refractivity contribution in [2.24, 2.45) is 11.8 Å². The molecule has 0 spiro atoms. The molecule has 3 aliphatic heterocycles. The Hall–Kier alpha value is -2.24. The summed E-state index contributed by atoms with van der Waals surface area (Å²) in [5.41, 5.74) is -1.83. The molecule has 2 unspecified atom stereocenters. The number of rotatable bonds is 22. The molecule has 0 bridgehead atoms. The molecule has 11 heteroatoms. The normalized spacial score (nSPS) is 23.4. The fourth-order valence-electron chi connectivity index (χ4n) is 10.8. The van der Waals surface area contributed by atoms with Crippen LogP contribution in [0.25, 0.3) is 0 Å². The molecule has 0 aromatic rings.